The second-order valence-corrected chi connectivity index (χ2v) is 6.64. The minimum Gasteiger partial charge on any atom is -0.454 e. The molecule has 0 spiro atoms. The number of hydrogen-bond donors (Lipinski definition) is 2. The van der Waals surface area contributed by atoms with E-state index in [-0.39, 0.29) is 0 Å². The third-order valence-corrected chi connectivity index (χ3v) is 4.78. The van der Waals surface area contributed by atoms with Gasteiger partial charge >= 0.3 is 0 Å². The van der Waals surface area contributed by atoms with Gasteiger partial charge in [-0.2, -0.15) is 0 Å². The zero-order valence-corrected chi connectivity index (χ0v) is 15.5. The van der Waals surface area contributed by atoms with Crippen LogP contribution < -0.4 is 25.0 Å². The zero-order chi connectivity index (χ0) is 17.6. The summed E-state index contributed by atoms with van der Waals surface area (Å²) in [5.41, 5.74) is 2.20. The minimum absolute atomic E-state index is 0.305. The maximum atomic E-state index is 5.41. The van der Waals surface area contributed by atoms with Crippen LogP contribution in [0.1, 0.15) is 11.3 Å². The molecule has 1 aliphatic heterocycles. The van der Waals surface area contributed by atoms with Crippen LogP contribution in [0.15, 0.2) is 28.6 Å². The van der Waals surface area contributed by atoms with Crippen molar-refractivity contribution in [3.63, 3.8) is 0 Å². The van der Waals surface area contributed by atoms with Crippen molar-refractivity contribution >= 4 is 22.4 Å². The van der Waals surface area contributed by atoms with Crippen molar-refractivity contribution in [2.45, 2.75) is 13.0 Å². The van der Waals surface area contributed by atoms with Crippen LogP contribution in [0.2, 0.25) is 0 Å². The Morgan fingerprint density at radius 1 is 1.28 bits per heavy atom. The van der Waals surface area contributed by atoms with Crippen LogP contribution in [-0.2, 0) is 13.0 Å². The Bertz CT molecular complexity index is 744. The van der Waals surface area contributed by atoms with Crippen molar-refractivity contribution < 1.29 is 9.47 Å². The van der Waals surface area contributed by atoms with E-state index >= 15 is 0 Å². The van der Waals surface area contributed by atoms with E-state index in [1.54, 1.807) is 18.4 Å². The molecule has 1 aromatic carbocycles. The lowest BCUT2D eigenvalue weighted by Crippen LogP contribution is -2.37. The highest BCUT2D eigenvalue weighted by Gasteiger charge is 2.13. The standard InChI is InChI=1S/C17H23N5O2S/c1-18-16(20-9-13-10-25-17(21-13)22(2)3)19-7-6-12-4-5-14-15(8-12)24-11-23-14/h4-5,8,10H,6-7,9,11H2,1-3H3,(H2,18,19,20). The number of rotatable bonds is 6. The number of thiazole rings is 1. The smallest absolute Gasteiger partial charge is 0.231 e. The van der Waals surface area contributed by atoms with E-state index in [0.29, 0.717) is 13.3 Å². The molecule has 0 bridgehead atoms. The molecule has 7 nitrogen and oxygen atoms in total. The summed E-state index contributed by atoms with van der Waals surface area (Å²) in [4.78, 5) is 10.8. The number of hydrogen-bond acceptors (Lipinski definition) is 6. The normalized spacial score (nSPS) is 13.0. The number of ether oxygens (including phenoxy) is 2. The molecule has 0 saturated carbocycles. The highest BCUT2D eigenvalue weighted by Crippen LogP contribution is 2.32. The van der Waals surface area contributed by atoms with E-state index in [1.165, 1.54) is 5.56 Å². The SMILES string of the molecule is CN=C(NCCc1ccc2c(c1)OCO2)NCc1csc(N(C)C)n1. The van der Waals surface area contributed by atoms with Gasteiger partial charge in [0.05, 0.1) is 12.2 Å². The van der Waals surface area contributed by atoms with Gasteiger partial charge in [0.1, 0.15) is 0 Å². The summed E-state index contributed by atoms with van der Waals surface area (Å²) in [7, 11) is 5.75. The van der Waals surface area contributed by atoms with Crippen LogP contribution in [-0.4, -0.2) is 45.4 Å². The van der Waals surface area contributed by atoms with Gasteiger partial charge in [-0.15, -0.1) is 11.3 Å². The molecule has 1 aromatic heterocycles. The van der Waals surface area contributed by atoms with Gasteiger partial charge in [0, 0.05) is 33.1 Å². The molecule has 0 atom stereocenters. The molecule has 25 heavy (non-hydrogen) atoms. The average molecular weight is 361 g/mol. The maximum Gasteiger partial charge on any atom is 0.231 e. The van der Waals surface area contributed by atoms with Gasteiger partial charge < -0.3 is 25.0 Å². The Hall–Kier alpha value is -2.48. The summed E-state index contributed by atoms with van der Waals surface area (Å²) in [6.07, 6.45) is 0.874. The molecule has 134 valence electrons. The molecule has 0 saturated heterocycles. The summed E-state index contributed by atoms with van der Waals surface area (Å²) in [6, 6.07) is 6.04. The molecule has 8 heteroatoms. The number of aliphatic imine (C=N–C) groups is 1. The van der Waals surface area contributed by atoms with Gasteiger partial charge in [-0.05, 0) is 24.1 Å². The van der Waals surface area contributed by atoms with E-state index in [0.717, 1.165) is 41.2 Å². The second-order valence-electron chi connectivity index (χ2n) is 5.81. The quantitative estimate of drug-likeness (QED) is 0.604. The van der Waals surface area contributed by atoms with Crippen molar-refractivity contribution in [2.24, 2.45) is 4.99 Å². The minimum atomic E-state index is 0.305. The van der Waals surface area contributed by atoms with E-state index in [4.69, 9.17) is 9.47 Å². The third kappa shape index (κ3) is 4.54. The molecule has 0 fully saturated rings. The van der Waals surface area contributed by atoms with Gasteiger partial charge in [-0.1, -0.05) is 6.07 Å². The first-order chi connectivity index (χ1) is 12.2. The van der Waals surface area contributed by atoms with Gasteiger partial charge in [-0.3, -0.25) is 4.99 Å². The molecule has 2 heterocycles. The molecular weight excluding hydrogens is 338 g/mol. The van der Waals surface area contributed by atoms with Crippen LogP contribution in [0.3, 0.4) is 0 Å². The Balaban J connectivity index is 1.44. The fraction of sp³-hybridized carbons (Fsp3) is 0.412. The van der Waals surface area contributed by atoms with E-state index in [9.17, 15) is 0 Å². The predicted octanol–water partition coefficient (Wildman–Crippen LogP) is 1.85. The van der Waals surface area contributed by atoms with Crippen LogP contribution in [0, 0.1) is 0 Å². The maximum absolute atomic E-state index is 5.41. The van der Waals surface area contributed by atoms with Crippen LogP contribution in [0.25, 0.3) is 0 Å². The highest BCUT2D eigenvalue weighted by atomic mass is 32.1. The number of aromatic nitrogens is 1. The third-order valence-electron chi connectivity index (χ3n) is 3.73. The van der Waals surface area contributed by atoms with Crippen molar-refractivity contribution in [2.75, 3.05) is 39.4 Å². The van der Waals surface area contributed by atoms with E-state index in [1.807, 2.05) is 31.1 Å². The predicted molar refractivity (Wildman–Crippen MR) is 101 cm³/mol. The lowest BCUT2D eigenvalue weighted by molar-refractivity contribution is 0.174. The van der Waals surface area contributed by atoms with Gasteiger partial charge in [0.25, 0.3) is 0 Å². The van der Waals surface area contributed by atoms with Crippen LogP contribution in [0.4, 0.5) is 5.13 Å². The monoisotopic (exact) mass is 361 g/mol. The molecule has 3 rings (SSSR count). The lowest BCUT2D eigenvalue weighted by atomic mass is 10.1. The molecule has 2 N–H and O–H groups in total. The number of guanidine groups is 1. The van der Waals surface area contributed by atoms with Gasteiger partial charge in [0.2, 0.25) is 6.79 Å². The van der Waals surface area contributed by atoms with Crippen molar-refractivity contribution in [3.8, 4) is 11.5 Å². The molecule has 0 radical (unpaired) electrons. The Kier molecular flexibility index (Phi) is 5.60. The molecule has 0 unspecified atom stereocenters. The summed E-state index contributed by atoms with van der Waals surface area (Å²) in [6.45, 7) is 1.73. The summed E-state index contributed by atoms with van der Waals surface area (Å²) in [5, 5.41) is 9.66. The number of nitrogens with one attached hydrogen (secondary N) is 2. The average Bonchev–Trinajstić information content (AvgIpc) is 3.26. The first-order valence-electron chi connectivity index (χ1n) is 8.10. The Labute approximate surface area is 151 Å². The largest absolute Gasteiger partial charge is 0.454 e. The lowest BCUT2D eigenvalue weighted by Gasteiger charge is -2.11. The fourth-order valence-electron chi connectivity index (χ4n) is 2.40. The van der Waals surface area contributed by atoms with Crippen molar-refractivity contribution in [3.05, 3.63) is 34.8 Å². The topological polar surface area (TPSA) is 71.0 Å². The fourth-order valence-corrected chi connectivity index (χ4v) is 3.16. The van der Waals surface area contributed by atoms with Crippen molar-refractivity contribution in [1.82, 2.24) is 15.6 Å². The first kappa shape index (κ1) is 17.3. The summed E-state index contributed by atoms with van der Waals surface area (Å²) < 4.78 is 10.7. The molecule has 0 aliphatic carbocycles. The van der Waals surface area contributed by atoms with Crippen molar-refractivity contribution in [1.29, 1.82) is 0 Å². The molecule has 1 aliphatic rings. The number of anilines is 1. The first-order valence-corrected chi connectivity index (χ1v) is 8.98. The van der Waals surface area contributed by atoms with Gasteiger partial charge in [-0.25, -0.2) is 4.98 Å². The Morgan fingerprint density at radius 2 is 2.12 bits per heavy atom. The number of nitrogens with zero attached hydrogens (tertiary/aromatic N) is 3. The Morgan fingerprint density at radius 3 is 2.88 bits per heavy atom. The zero-order valence-electron chi connectivity index (χ0n) is 14.7. The van der Waals surface area contributed by atoms with E-state index < -0.39 is 0 Å². The summed E-state index contributed by atoms with van der Waals surface area (Å²) >= 11 is 1.63. The highest BCUT2D eigenvalue weighted by molar-refractivity contribution is 7.13. The van der Waals surface area contributed by atoms with Gasteiger partial charge in [0.15, 0.2) is 22.6 Å². The van der Waals surface area contributed by atoms with Crippen LogP contribution >= 0.6 is 11.3 Å². The number of fused-ring (bicyclic) bond motifs is 1. The molecular formula is C17H23N5O2S. The van der Waals surface area contributed by atoms with E-state index in [2.05, 4.69) is 32.1 Å². The molecule has 0 amide bonds. The van der Waals surface area contributed by atoms with Crippen LogP contribution in [0.5, 0.6) is 11.5 Å². The number of benzene rings is 1. The molecule has 2 aromatic rings. The summed E-state index contributed by atoms with van der Waals surface area (Å²) in [5.74, 6) is 2.40. The second kappa shape index (κ2) is 8.06.